The Morgan fingerprint density at radius 1 is 1.38 bits per heavy atom. The normalized spacial score (nSPS) is 11.8. The molecule has 0 spiro atoms. The molecule has 0 fully saturated rings. The minimum Gasteiger partial charge on any atom is -0.0880 e. The molecule has 0 unspecified atom stereocenters. The maximum Gasteiger partial charge on any atom is 0.0242 e. The zero-order valence-corrected chi connectivity index (χ0v) is 9.98. The highest BCUT2D eigenvalue weighted by molar-refractivity contribution is 9.09. The molecule has 0 heterocycles. The monoisotopic (exact) mass is 238 g/mol. The van der Waals surface area contributed by atoms with E-state index in [2.05, 4.69) is 61.0 Å². The summed E-state index contributed by atoms with van der Waals surface area (Å²) in [6, 6.07) is 6.54. The largest absolute Gasteiger partial charge is 0.0880 e. The molecule has 70 valence electrons. The van der Waals surface area contributed by atoms with Crippen molar-refractivity contribution in [3.63, 3.8) is 0 Å². The smallest absolute Gasteiger partial charge is 0.0242 e. The molecule has 13 heavy (non-hydrogen) atoms. The predicted octanol–water partition coefficient (Wildman–Crippen LogP) is 4.10. The number of rotatable bonds is 2. The molecule has 1 rings (SSSR count). The van der Waals surface area contributed by atoms with Crippen LogP contribution < -0.4 is 0 Å². The third-order valence-electron chi connectivity index (χ3n) is 2.05. The molecular weight excluding hydrogens is 224 g/mol. The minimum absolute atomic E-state index is 0.945. The molecule has 0 nitrogen and oxygen atoms in total. The first-order valence-corrected chi connectivity index (χ1v) is 5.56. The second-order valence-electron chi connectivity index (χ2n) is 3.48. The number of benzene rings is 1. The Bertz CT molecular complexity index is 324. The van der Waals surface area contributed by atoms with Gasteiger partial charge in [-0.25, -0.2) is 0 Å². The van der Waals surface area contributed by atoms with E-state index in [4.69, 9.17) is 0 Å². The van der Waals surface area contributed by atoms with Crippen LogP contribution in [0.4, 0.5) is 0 Å². The third-order valence-corrected chi connectivity index (χ3v) is 2.93. The maximum absolute atomic E-state index is 3.45. The van der Waals surface area contributed by atoms with Crippen LogP contribution in [0.1, 0.15) is 23.6 Å². The zero-order valence-electron chi connectivity index (χ0n) is 8.39. The van der Waals surface area contributed by atoms with Gasteiger partial charge in [0.25, 0.3) is 0 Å². The highest BCUT2D eigenvalue weighted by Gasteiger charge is 1.95. The highest BCUT2D eigenvalue weighted by Crippen LogP contribution is 2.15. The van der Waals surface area contributed by atoms with Gasteiger partial charge in [-0.2, -0.15) is 0 Å². The summed E-state index contributed by atoms with van der Waals surface area (Å²) in [5, 5.41) is 0.945. The molecule has 0 aliphatic rings. The van der Waals surface area contributed by atoms with Crippen molar-refractivity contribution in [2.75, 3.05) is 5.33 Å². The van der Waals surface area contributed by atoms with E-state index in [1.807, 2.05) is 0 Å². The van der Waals surface area contributed by atoms with Crippen LogP contribution in [-0.2, 0) is 0 Å². The second kappa shape index (κ2) is 4.61. The van der Waals surface area contributed by atoms with Crippen LogP contribution in [0, 0.1) is 13.8 Å². The van der Waals surface area contributed by atoms with Gasteiger partial charge in [0.15, 0.2) is 0 Å². The highest BCUT2D eigenvalue weighted by atomic mass is 79.9. The number of hydrogen-bond acceptors (Lipinski definition) is 0. The lowest BCUT2D eigenvalue weighted by atomic mass is 10.0. The van der Waals surface area contributed by atoms with Gasteiger partial charge in [-0.3, -0.25) is 0 Å². The minimum atomic E-state index is 0.945. The van der Waals surface area contributed by atoms with E-state index in [1.54, 1.807) is 0 Å². The van der Waals surface area contributed by atoms with Crippen molar-refractivity contribution >= 4 is 22.0 Å². The van der Waals surface area contributed by atoms with Crippen molar-refractivity contribution in [1.29, 1.82) is 0 Å². The number of aryl methyl sites for hydroxylation is 2. The summed E-state index contributed by atoms with van der Waals surface area (Å²) >= 11 is 3.45. The Balaban J connectivity index is 3.07. The summed E-state index contributed by atoms with van der Waals surface area (Å²) in [6.45, 7) is 6.41. The van der Waals surface area contributed by atoms with E-state index in [9.17, 15) is 0 Å². The van der Waals surface area contributed by atoms with E-state index in [0.717, 1.165) is 5.33 Å². The van der Waals surface area contributed by atoms with Gasteiger partial charge in [0.2, 0.25) is 0 Å². The van der Waals surface area contributed by atoms with Gasteiger partial charge < -0.3 is 0 Å². The lowest BCUT2D eigenvalue weighted by molar-refractivity contribution is 1.36. The SMILES string of the molecule is C/C(=C/c1cc(C)ccc1C)CBr. The van der Waals surface area contributed by atoms with E-state index >= 15 is 0 Å². The van der Waals surface area contributed by atoms with Gasteiger partial charge in [-0.15, -0.1) is 0 Å². The van der Waals surface area contributed by atoms with Gasteiger partial charge in [0.05, 0.1) is 0 Å². The number of hydrogen-bond donors (Lipinski definition) is 0. The van der Waals surface area contributed by atoms with Crippen LogP contribution in [-0.4, -0.2) is 5.33 Å². The van der Waals surface area contributed by atoms with Crippen LogP contribution in [0.2, 0.25) is 0 Å². The average molecular weight is 239 g/mol. The number of halogens is 1. The fourth-order valence-electron chi connectivity index (χ4n) is 1.22. The number of allylic oxidation sites excluding steroid dienone is 1. The average Bonchev–Trinajstić information content (AvgIpc) is 2.11. The summed E-state index contributed by atoms with van der Waals surface area (Å²) in [5.74, 6) is 0. The first kappa shape index (κ1) is 10.5. The van der Waals surface area contributed by atoms with Crippen LogP contribution in [0.25, 0.3) is 6.08 Å². The lowest BCUT2D eigenvalue weighted by Gasteiger charge is -2.03. The van der Waals surface area contributed by atoms with Crippen molar-refractivity contribution in [2.45, 2.75) is 20.8 Å². The predicted molar refractivity (Wildman–Crippen MR) is 63.4 cm³/mol. The molecule has 0 aromatic heterocycles. The third kappa shape index (κ3) is 3.00. The summed E-state index contributed by atoms with van der Waals surface area (Å²) in [7, 11) is 0. The first-order chi connectivity index (χ1) is 6.13. The molecule has 0 N–H and O–H groups in total. The van der Waals surface area contributed by atoms with Crippen LogP contribution >= 0.6 is 15.9 Å². The summed E-state index contributed by atoms with van der Waals surface area (Å²) in [5.41, 5.74) is 5.34. The van der Waals surface area contributed by atoms with E-state index in [1.165, 1.54) is 22.3 Å². The molecule has 0 saturated carbocycles. The van der Waals surface area contributed by atoms with Crippen molar-refractivity contribution in [3.05, 3.63) is 40.5 Å². The molecule has 0 radical (unpaired) electrons. The van der Waals surface area contributed by atoms with Crippen molar-refractivity contribution in [3.8, 4) is 0 Å². The molecule has 1 aromatic rings. The van der Waals surface area contributed by atoms with Crippen LogP contribution in [0.15, 0.2) is 23.8 Å². The fourth-order valence-corrected chi connectivity index (χ4v) is 1.38. The van der Waals surface area contributed by atoms with E-state index in [-0.39, 0.29) is 0 Å². The van der Waals surface area contributed by atoms with Crippen molar-refractivity contribution in [1.82, 2.24) is 0 Å². The molecule has 0 atom stereocenters. The molecule has 0 amide bonds. The van der Waals surface area contributed by atoms with Crippen LogP contribution in [0.3, 0.4) is 0 Å². The van der Waals surface area contributed by atoms with Gasteiger partial charge in [-0.1, -0.05) is 51.3 Å². The van der Waals surface area contributed by atoms with Gasteiger partial charge in [-0.05, 0) is 31.9 Å². The molecule has 1 heteroatoms. The standard InChI is InChI=1S/C12H15Br/c1-9-4-5-11(3)12(6-9)7-10(2)8-13/h4-7H,8H2,1-3H3/b10-7-. The Morgan fingerprint density at radius 2 is 2.08 bits per heavy atom. The summed E-state index contributed by atoms with van der Waals surface area (Å²) in [4.78, 5) is 0. The molecule has 0 aliphatic carbocycles. The Hall–Kier alpha value is -0.560. The second-order valence-corrected chi connectivity index (χ2v) is 4.05. The molecule has 1 aromatic carbocycles. The molecule has 0 saturated heterocycles. The topological polar surface area (TPSA) is 0 Å². The summed E-state index contributed by atoms with van der Waals surface area (Å²) < 4.78 is 0. The van der Waals surface area contributed by atoms with Crippen molar-refractivity contribution < 1.29 is 0 Å². The van der Waals surface area contributed by atoms with Gasteiger partial charge in [0.1, 0.15) is 0 Å². The fraction of sp³-hybridized carbons (Fsp3) is 0.333. The number of alkyl halides is 1. The maximum atomic E-state index is 3.45. The van der Waals surface area contributed by atoms with E-state index < -0.39 is 0 Å². The lowest BCUT2D eigenvalue weighted by Crippen LogP contribution is -1.84. The molecular formula is C12H15Br. The van der Waals surface area contributed by atoms with E-state index in [0.29, 0.717) is 0 Å². The zero-order chi connectivity index (χ0) is 9.84. The molecule has 0 aliphatic heterocycles. The Labute approximate surface area is 88.8 Å². The summed E-state index contributed by atoms with van der Waals surface area (Å²) in [6.07, 6.45) is 2.23. The van der Waals surface area contributed by atoms with Crippen LogP contribution in [0.5, 0.6) is 0 Å². The Kier molecular flexibility index (Phi) is 3.73. The van der Waals surface area contributed by atoms with Gasteiger partial charge >= 0.3 is 0 Å². The van der Waals surface area contributed by atoms with Gasteiger partial charge in [0, 0.05) is 5.33 Å². The molecule has 0 bridgehead atoms. The van der Waals surface area contributed by atoms with Crippen molar-refractivity contribution in [2.24, 2.45) is 0 Å². The first-order valence-electron chi connectivity index (χ1n) is 4.44. The Morgan fingerprint density at radius 3 is 2.69 bits per heavy atom. The quantitative estimate of drug-likeness (QED) is 0.681.